The molecular formula is C20H26N4O5S. The molecule has 30 heavy (non-hydrogen) atoms. The molecule has 2 aromatic rings. The van der Waals surface area contributed by atoms with E-state index in [-0.39, 0.29) is 10.9 Å². The molecule has 0 saturated carbocycles. The Morgan fingerprint density at radius 1 is 1.00 bits per heavy atom. The van der Waals surface area contributed by atoms with E-state index in [0.29, 0.717) is 30.3 Å². The number of hydrogen-bond donors (Lipinski definition) is 2. The molecule has 2 aromatic carbocycles. The molecule has 1 aliphatic rings. The van der Waals surface area contributed by atoms with E-state index in [9.17, 15) is 13.2 Å². The molecule has 0 spiro atoms. The molecule has 1 aliphatic heterocycles. The van der Waals surface area contributed by atoms with Gasteiger partial charge in [0.15, 0.2) is 11.5 Å². The van der Waals surface area contributed by atoms with Gasteiger partial charge in [-0.1, -0.05) is 6.07 Å². The molecule has 3 rings (SSSR count). The van der Waals surface area contributed by atoms with Crippen molar-refractivity contribution in [1.82, 2.24) is 9.80 Å². The van der Waals surface area contributed by atoms with E-state index in [1.807, 2.05) is 18.2 Å². The number of rotatable bonds is 6. The highest BCUT2D eigenvalue weighted by atomic mass is 32.2. The highest BCUT2D eigenvalue weighted by Crippen LogP contribution is 2.28. The topological polar surface area (TPSA) is 114 Å². The maximum absolute atomic E-state index is 12.5. The van der Waals surface area contributed by atoms with Crippen molar-refractivity contribution in [3.63, 3.8) is 0 Å². The lowest BCUT2D eigenvalue weighted by Crippen LogP contribution is -2.49. The van der Waals surface area contributed by atoms with Crippen LogP contribution in [-0.2, 0) is 16.6 Å². The Bertz CT molecular complexity index is 987. The normalized spacial score (nSPS) is 15.0. The van der Waals surface area contributed by atoms with Crippen LogP contribution in [0.5, 0.6) is 11.5 Å². The summed E-state index contributed by atoms with van der Waals surface area (Å²) in [5.41, 5.74) is 1.63. The van der Waals surface area contributed by atoms with Gasteiger partial charge >= 0.3 is 6.03 Å². The Morgan fingerprint density at radius 3 is 2.20 bits per heavy atom. The zero-order valence-electron chi connectivity index (χ0n) is 17.0. The van der Waals surface area contributed by atoms with Crippen molar-refractivity contribution in [2.75, 3.05) is 45.7 Å². The number of carbonyl (C=O) groups is 1. The summed E-state index contributed by atoms with van der Waals surface area (Å²) >= 11 is 0. The van der Waals surface area contributed by atoms with Crippen molar-refractivity contribution in [3.05, 3.63) is 48.0 Å². The average molecular weight is 435 g/mol. The summed E-state index contributed by atoms with van der Waals surface area (Å²) in [7, 11) is -0.533. The van der Waals surface area contributed by atoms with E-state index in [2.05, 4.69) is 10.2 Å². The molecule has 0 atom stereocenters. The molecule has 10 heteroatoms. The van der Waals surface area contributed by atoms with Crippen molar-refractivity contribution in [2.24, 2.45) is 5.14 Å². The molecular weight excluding hydrogens is 408 g/mol. The quantitative estimate of drug-likeness (QED) is 0.715. The predicted molar refractivity (Wildman–Crippen MR) is 113 cm³/mol. The Labute approximate surface area is 176 Å². The number of nitrogens with two attached hydrogens (primary N) is 1. The second kappa shape index (κ2) is 9.33. The zero-order chi connectivity index (χ0) is 21.7. The van der Waals surface area contributed by atoms with Gasteiger partial charge < -0.3 is 19.7 Å². The van der Waals surface area contributed by atoms with E-state index in [4.69, 9.17) is 14.6 Å². The molecule has 0 aromatic heterocycles. The summed E-state index contributed by atoms with van der Waals surface area (Å²) in [5.74, 6) is 1.39. The first kappa shape index (κ1) is 21.9. The van der Waals surface area contributed by atoms with E-state index in [1.54, 1.807) is 19.1 Å². The third kappa shape index (κ3) is 5.41. The van der Waals surface area contributed by atoms with Gasteiger partial charge in [-0.05, 0) is 42.0 Å². The number of piperazine rings is 1. The van der Waals surface area contributed by atoms with Crippen LogP contribution in [0.15, 0.2) is 47.4 Å². The number of sulfonamides is 1. The maximum atomic E-state index is 12.5. The minimum absolute atomic E-state index is 0.00396. The van der Waals surface area contributed by atoms with E-state index in [1.165, 1.54) is 24.3 Å². The standard InChI is InChI=1S/C20H26N4O5S/c1-28-18-8-3-15(13-19(18)29-2)14-23-9-11-24(12-10-23)20(25)22-16-4-6-17(7-5-16)30(21,26)27/h3-8,13H,9-12,14H2,1-2H3,(H,22,25)(H2,21,26,27). The number of benzene rings is 2. The molecule has 0 bridgehead atoms. The van der Waals surface area contributed by atoms with Gasteiger partial charge in [-0.15, -0.1) is 0 Å². The van der Waals surface area contributed by atoms with Crippen LogP contribution < -0.4 is 19.9 Å². The van der Waals surface area contributed by atoms with Gasteiger partial charge in [0.1, 0.15) is 0 Å². The van der Waals surface area contributed by atoms with Gasteiger partial charge in [-0.25, -0.2) is 18.4 Å². The first-order valence-corrected chi connectivity index (χ1v) is 11.0. The van der Waals surface area contributed by atoms with Gasteiger partial charge in [0.25, 0.3) is 0 Å². The van der Waals surface area contributed by atoms with Gasteiger partial charge in [0.2, 0.25) is 10.0 Å². The fourth-order valence-electron chi connectivity index (χ4n) is 3.28. The molecule has 0 aliphatic carbocycles. The lowest BCUT2D eigenvalue weighted by molar-refractivity contribution is 0.143. The summed E-state index contributed by atoms with van der Waals surface area (Å²) in [4.78, 5) is 16.5. The number of carbonyl (C=O) groups excluding carboxylic acids is 1. The lowest BCUT2D eigenvalue weighted by atomic mass is 10.1. The number of primary sulfonamides is 1. The Morgan fingerprint density at radius 2 is 1.63 bits per heavy atom. The van der Waals surface area contributed by atoms with Gasteiger partial charge in [-0.2, -0.15) is 0 Å². The van der Waals surface area contributed by atoms with E-state index < -0.39 is 10.0 Å². The molecule has 9 nitrogen and oxygen atoms in total. The molecule has 1 saturated heterocycles. The summed E-state index contributed by atoms with van der Waals surface area (Å²) in [6, 6.07) is 11.4. The van der Waals surface area contributed by atoms with E-state index >= 15 is 0 Å². The predicted octanol–water partition coefficient (Wildman–Crippen LogP) is 1.70. The van der Waals surface area contributed by atoms with Crippen LogP contribution in [-0.4, -0.2) is 64.6 Å². The fourth-order valence-corrected chi connectivity index (χ4v) is 3.79. The average Bonchev–Trinajstić information content (AvgIpc) is 2.74. The van der Waals surface area contributed by atoms with Crippen molar-refractivity contribution < 1.29 is 22.7 Å². The van der Waals surface area contributed by atoms with Crippen LogP contribution in [0.25, 0.3) is 0 Å². The molecule has 0 radical (unpaired) electrons. The van der Waals surface area contributed by atoms with Crippen LogP contribution in [0.4, 0.5) is 10.5 Å². The summed E-state index contributed by atoms with van der Waals surface area (Å²) < 4.78 is 33.2. The lowest BCUT2D eigenvalue weighted by Gasteiger charge is -2.34. The number of amides is 2. The van der Waals surface area contributed by atoms with Crippen molar-refractivity contribution in [3.8, 4) is 11.5 Å². The third-order valence-electron chi connectivity index (χ3n) is 4.95. The second-order valence-electron chi connectivity index (χ2n) is 6.95. The van der Waals surface area contributed by atoms with Gasteiger partial charge in [-0.3, -0.25) is 4.90 Å². The summed E-state index contributed by atoms with van der Waals surface area (Å²) in [6.45, 7) is 3.42. The van der Waals surface area contributed by atoms with Crippen molar-refractivity contribution in [1.29, 1.82) is 0 Å². The number of nitrogens with zero attached hydrogens (tertiary/aromatic N) is 2. The zero-order valence-corrected chi connectivity index (χ0v) is 17.8. The van der Waals surface area contributed by atoms with Crippen molar-refractivity contribution >= 4 is 21.7 Å². The van der Waals surface area contributed by atoms with Gasteiger partial charge in [0, 0.05) is 38.4 Å². The molecule has 2 amide bonds. The molecule has 1 fully saturated rings. The van der Waals surface area contributed by atoms with Crippen LogP contribution in [0, 0.1) is 0 Å². The number of urea groups is 1. The van der Waals surface area contributed by atoms with Crippen LogP contribution in [0.2, 0.25) is 0 Å². The van der Waals surface area contributed by atoms with Crippen LogP contribution in [0.3, 0.4) is 0 Å². The first-order chi connectivity index (χ1) is 14.3. The third-order valence-corrected chi connectivity index (χ3v) is 5.88. The number of anilines is 1. The second-order valence-corrected chi connectivity index (χ2v) is 8.51. The SMILES string of the molecule is COc1ccc(CN2CCN(C(=O)Nc3ccc(S(N)(=O)=O)cc3)CC2)cc1OC. The highest BCUT2D eigenvalue weighted by molar-refractivity contribution is 7.89. The van der Waals surface area contributed by atoms with Crippen LogP contribution >= 0.6 is 0 Å². The largest absolute Gasteiger partial charge is 0.493 e. The number of ether oxygens (including phenoxy) is 2. The monoisotopic (exact) mass is 434 g/mol. The minimum atomic E-state index is -3.75. The summed E-state index contributed by atoms with van der Waals surface area (Å²) in [6.07, 6.45) is 0. The summed E-state index contributed by atoms with van der Waals surface area (Å²) in [5, 5.41) is 7.87. The van der Waals surface area contributed by atoms with Crippen LogP contribution in [0.1, 0.15) is 5.56 Å². The number of nitrogens with one attached hydrogen (secondary N) is 1. The Kier molecular flexibility index (Phi) is 6.80. The highest BCUT2D eigenvalue weighted by Gasteiger charge is 2.21. The fraction of sp³-hybridized carbons (Fsp3) is 0.350. The smallest absolute Gasteiger partial charge is 0.321 e. The molecule has 0 unspecified atom stereocenters. The molecule has 3 N–H and O–H groups in total. The number of hydrogen-bond acceptors (Lipinski definition) is 6. The molecule has 162 valence electrons. The van der Waals surface area contributed by atoms with E-state index in [0.717, 1.165) is 25.2 Å². The maximum Gasteiger partial charge on any atom is 0.321 e. The minimum Gasteiger partial charge on any atom is -0.493 e. The number of methoxy groups -OCH3 is 2. The first-order valence-electron chi connectivity index (χ1n) is 9.42. The van der Waals surface area contributed by atoms with Crippen molar-refractivity contribution in [2.45, 2.75) is 11.4 Å². The Hall–Kier alpha value is -2.82. The molecule has 1 heterocycles. The Balaban J connectivity index is 1.52. The van der Waals surface area contributed by atoms with Gasteiger partial charge in [0.05, 0.1) is 19.1 Å².